The number of benzene rings is 1. The fourth-order valence-electron chi connectivity index (χ4n) is 2.11. The topological polar surface area (TPSA) is 59.0 Å². The van der Waals surface area contributed by atoms with Crippen LogP contribution in [0.5, 0.6) is 11.5 Å². The van der Waals surface area contributed by atoms with Gasteiger partial charge in [0, 0.05) is 12.6 Å². The van der Waals surface area contributed by atoms with Gasteiger partial charge in [0.2, 0.25) is 0 Å². The summed E-state index contributed by atoms with van der Waals surface area (Å²) in [5.74, 6) is 0.478. The van der Waals surface area contributed by atoms with Gasteiger partial charge >= 0.3 is 5.97 Å². The van der Waals surface area contributed by atoms with Crippen LogP contribution in [0.15, 0.2) is 18.2 Å². The minimum absolute atomic E-state index is 0.517. The Hall–Kier alpha value is -1.91. The molecule has 0 heterocycles. The quantitative estimate of drug-likeness (QED) is 0.822. The van der Waals surface area contributed by atoms with Gasteiger partial charge in [-0.15, -0.1) is 0 Å². The maximum Gasteiger partial charge on any atom is 0.326 e. The molecule has 0 aliphatic carbocycles. The van der Waals surface area contributed by atoms with Crippen LogP contribution in [0.1, 0.15) is 20.3 Å². The number of carboxylic acids is 1. The third-order valence-electron chi connectivity index (χ3n) is 3.08. The average molecular weight is 267 g/mol. The summed E-state index contributed by atoms with van der Waals surface area (Å²) >= 11 is 0. The van der Waals surface area contributed by atoms with E-state index in [-0.39, 0.29) is 0 Å². The van der Waals surface area contributed by atoms with Crippen LogP contribution in [-0.2, 0) is 4.79 Å². The summed E-state index contributed by atoms with van der Waals surface area (Å²) in [7, 11) is 3.15. The molecule has 5 heteroatoms. The third-order valence-corrected chi connectivity index (χ3v) is 3.08. The lowest BCUT2D eigenvalue weighted by atomic mass is 10.1. The van der Waals surface area contributed by atoms with Crippen molar-refractivity contribution in [2.45, 2.75) is 26.3 Å². The van der Waals surface area contributed by atoms with Gasteiger partial charge in [-0.1, -0.05) is 6.92 Å². The number of likely N-dealkylation sites (N-methyl/N-ethyl adjacent to an activating group) is 1. The minimum atomic E-state index is -0.839. The highest BCUT2D eigenvalue weighted by Gasteiger charge is 2.25. The molecule has 1 N–H and O–H groups in total. The van der Waals surface area contributed by atoms with Crippen LogP contribution >= 0.6 is 0 Å². The lowest BCUT2D eigenvalue weighted by Gasteiger charge is -2.30. The van der Waals surface area contributed by atoms with Crippen LogP contribution in [0.2, 0.25) is 0 Å². The molecule has 0 aromatic heterocycles. The fourth-order valence-corrected chi connectivity index (χ4v) is 2.11. The first-order valence-electron chi connectivity index (χ1n) is 6.30. The van der Waals surface area contributed by atoms with E-state index in [1.807, 2.05) is 18.7 Å². The summed E-state index contributed by atoms with van der Waals surface area (Å²) in [5, 5.41) is 9.31. The number of carbonyl (C=O) groups is 1. The molecule has 5 nitrogen and oxygen atoms in total. The van der Waals surface area contributed by atoms with Crippen LogP contribution in [0.25, 0.3) is 0 Å². The van der Waals surface area contributed by atoms with E-state index in [1.54, 1.807) is 32.4 Å². The lowest BCUT2D eigenvalue weighted by Crippen LogP contribution is -2.41. The average Bonchev–Trinajstić information content (AvgIpc) is 2.43. The molecule has 0 radical (unpaired) electrons. The van der Waals surface area contributed by atoms with Crippen molar-refractivity contribution in [3.8, 4) is 11.5 Å². The van der Waals surface area contributed by atoms with Crippen molar-refractivity contribution in [1.29, 1.82) is 0 Å². The highest BCUT2D eigenvalue weighted by atomic mass is 16.5. The Morgan fingerprint density at radius 1 is 1.32 bits per heavy atom. The zero-order valence-corrected chi connectivity index (χ0v) is 11.8. The van der Waals surface area contributed by atoms with E-state index in [0.717, 1.165) is 5.69 Å². The van der Waals surface area contributed by atoms with Crippen molar-refractivity contribution in [3.63, 3.8) is 0 Å². The molecule has 0 spiro atoms. The number of anilines is 1. The summed E-state index contributed by atoms with van der Waals surface area (Å²) in [4.78, 5) is 13.2. The molecule has 0 aliphatic heterocycles. The van der Waals surface area contributed by atoms with Crippen molar-refractivity contribution in [2.24, 2.45) is 0 Å². The zero-order valence-electron chi connectivity index (χ0n) is 11.8. The molecule has 1 rings (SSSR count). The van der Waals surface area contributed by atoms with Gasteiger partial charge in [0.1, 0.15) is 17.5 Å². The van der Waals surface area contributed by atoms with E-state index in [1.165, 1.54) is 0 Å². The van der Waals surface area contributed by atoms with Gasteiger partial charge in [0.15, 0.2) is 0 Å². The number of aliphatic carboxylic acids is 1. The highest BCUT2D eigenvalue weighted by molar-refractivity contribution is 5.79. The SMILES string of the molecule is CC[C@H](C(=O)O)N(CC)c1cc(OC)ccc1OC. The van der Waals surface area contributed by atoms with Gasteiger partial charge in [-0.3, -0.25) is 0 Å². The van der Waals surface area contributed by atoms with E-state index >= 15 is 0 Å². The monoisotopic (exact) mass is 267 g/mol. The Morgan fingerprint density at radius 3 is 2.42 bits per heavy atom. The first kappa shape index (κ1) is 15.1. The molecule has 106 valence electrons. The number of methoxy groups -OCH3 is 2. The van der Waals surface area contributed by atoms with E-state index in [2.05, 4.69) is 0 Å². The molecule has 1 aromatic carbocycles. The Balaban J connectivity index is 3.25. The van der Waals surface area contributed by atoms with Crippen molar-refractivity contribution < 1.29 is 19.4 Å². The van der Waals surface area contributed by atoms with Crippen molar-refractivity contribution in [2.75, 3.05) is 25.7 Å². The summed E-state index contributed by atoms with van der Waals surface area (Å²) in [6, 6.07) is 4.79. The molecule has 19 heavy (non-hydrogen) atoms. The second-order valence-corrected chi connectivity index (χ2v) is 4.09. The number of carboxylic acid groups (broad SMARTS) is 1. The highest BCUT2D eigenvalue weighted by Crippen LogP contribution is 2.33. The minimum Gasteiger partial charge on any atom is -0.497 e. The van der Waals surface area contributed by atoms with Gasteiger partial charge in [-0.25, -0.2) is 4.79 Å². The second kappa shape index (κ2) is 6.87. The van der Waals surface area contributed by atoms with Crippen LogP contribution in [0.4, 0.5) is 5.69 Å². The normalized spacial score (nSPS) is 11.8. The van der Waals surface area contributed by atoms with Crippen LogP contribution in [0.3, 0.4) is 0 Å². The van der Waals surface area contributed by atoms with Crippen LogP contribution < -0.4 is 14.4 Å². The number of rotatable bonds is 7. The van der Waals surface area contributed by atoms with E-state index in [9.17, 15) is 9.90 Å². The molecule has 1 atom stereocenters. The first-order chi connectivity index (χ1) is 9.08. The number of nitrogens with zero attached hydrogens (tertiary/aromatic N) is 1. The Labute approximate surface area is 113 Å². The maximum atomic E-state index is 11.3. The largest absolute Gasteiger partial charge is 0.497 e. The van der Waals surface area contributed by atoms with Crippen molar-refractivity contribution in [3.05, 3.63) is 18.2 Å². The third kappa shape index (κ3) is 3.30. The zero-order chi connectivity index (χ0) is 14.4. The lowest BCUT2D eigenvalue weighted by molar-refractivity contribution is -0.138. The van der Waals surface area contributed by atoms with Gasteiger partial charge in [-0.05, 0) is 25.5 Å². The maximum absolute atomic E-state index is 11.3. The summed E-state index contributed by atoms with van der Waals surface area (Å²) < 4.78 is 10.5. The van der Waals surface area contributed by atoms with E-state index in [0.29, 0.717) is 24.5 Å². The predicted molar refractivity (Wildman–Crippen MR) is 74.3 cm³/mol. The second-order valence-electron chi connectivity index (χ2n) is 4.09. The Morgan fingerprint density at radius 2 is 2.00 bits per heavy atom. The van der Waals surface area contributed by atoms with E-state index < -0.39 is 12.0 Å². The first-order valence-corrected chi connectivity index (χ1v) is 6.30. The molecule has 0 aliphatic rings. The van der Waals surface area contributed by atoms with Crippen molar-refractivity contribution in [1.82, 2.24) is 0 Å². The Kier molecular flexibility index (Phi) is 5.48. The molecule has 0 saturated carbocycles. The molecule has 0 amide bonds. The van der Waals surface area contributed by atoms with E-state index in [4.69, 9.17) is 9.47 Å². The molecule has 0 unspecified atom stereocenters. The standard InChI is InChI=1S/C14H21NO4/c1-5-11(14(16)17)15(6-2)12-9-10(18-3)7-8-13(12)19-4/h7-9,11H,5-6H2,1-4H3,(H,16,17)/t11-/m1/s1. The number of hydrogen-bond donors (Lipinski definition) is 1. The summed E-state index contributed by atoms with van der Waals surface area (Å²) in [6.45, 7) is 4.35. The molecule has 0 fully saturated rings. The van der Waals surface area contributed by atoms with Crippen LogP contribution in [-0.4, -0.2) is 37.9 Å². The Bertz CT molecular complexity index is 433. The molecule has 0 bridgehead atoms. The van der Waals surface area contributed by atoms with Crippen molar-refractivity contribution >= 4 is 11.7 Å². The predicted octanol–water partition coefficient (Wildman–Crippen LogP) is 2.39. The van der Waals surface area contributed by atoms with Gasteiger partial charge in [0.25, 0.3) is 0 Å². The van der Waals surface area contributed by atoms with Gasteiger partial charge in [-0.2, -0.15) is 0 Å². The van der Waals surface area contributed by atoms with Gasteiger partial charge < -0.3 is 19.5 Å². The molecular formula is C14H21NO4. The molecule has 0 saturated heterocycles. The fraction of sp³-hybridized carbons (Fsp3) is 0.500. The van der Waals surface area contributed by atoms with Gasteiger partial charge in [0.05, 0.1) is 19.9 Å². The molecular weight excluding hydrogens is 246 g/mol. The smallest absolute Gasteiger partial charge is 0.326 e. The van der Waals surface area contributed by atoms with Crippen LogP contribution in [0, 0.1) is 0 Å². The summed E-state index contributed by atoms with van der Waals surface area (Å²) in [6.07, 6.45) is 0.517. The number of ether oxygens (including phenoxy) is 2. The summed E-state index contributed by atoms with van der Waals surface area (Å²) in [5.41, 5.74) is 0.735. The number of hydrogen-bond acceptors (Lipinski definition) is 4. The molecule has 1 aromatic rings.